The van der Waals surface area contributed by atoms with E-state index < -0.39 is 5.41 Å². The zero-order chi connectivity index (χ0) is 20.7. The molecular weight excluding hydrogens is 370 g/mol. The minimum absolute atomic E-state index is 0.0351. The first-order chi connectivity index (χ1) is 14.0. The van der Waals surface area contributed by atoms with Crippen LogP contribution in [0.15, 0.2) is 54.6 Å². The molecule has 0 spiro atoms. The highest BCUT2D eigenvalue weighted by Crippen LogP contribution is 2.37. The Kier molecular flexibility index (Phi) is 6.75. The van der Waals surface area contributed by atoms with Crippen molar-refractivity contribution in [3.05, 3.63) is 60.2 Å². The quantitative estimate of drug-likeness (QED) is 0.530. The van der Waals surface area contributed by atoms with Crippen LogP contribution in [0.2, 0.25) is 0 Å². The maximum absolute atomic E-state index is 13.1. The number of nitrogens with zero attached hydrogens (tertiary/aromatic N) is 1. The molecule has 1 fully saturated rings. The summed E-state index contributed by atoms with van der Waals surface area (Å²) in [7, 11) is 1.61. The van der Waals surface area contributed by atoms with Crippen molar-refractivity contribution >= 4 is 11.9 Å². The molecule has 2 aromatic carbocycles. The van der Waals surface area contributed by atoms with Crippen LogP contribution in [0.4, 0.5) is 0 Å². The molecule has 3 rings (SSSR count). The van der Waals surface area contributed by atoms with Crippen LogP contribution < -0.4 is 9.47 Å². The molecule has 2 aromatic rings. The van der Waals surface area contributed by atoms with Crippen LogP contribution in [0, 0.1) is 0 Å². The van der Waals surface area contributed by atoms with Gasteiger partial charge < -0.3 is 19.1 Å². The van der Waals surface area contributed by atoms with Gasteiger partial charge in [-0.3, -0.25) is 9.59 Å². The largest absolute Gasteiger partial charge is 0.497 e. The fourth-order valence-corrected chi connectivity index (χ4v) is 3.68. The van der Waals surface area contributed by atoms with Crippen LogP contribution in [0.3, 0.4) is 0 Å². The van der Waals surface area contributed by atoms with Gasteiger partial charge in [-0.25, -0.2) is 0 Å². The number of esters is 1. The Morgan fingerprint density at radius 3 is 2.14 bits per heavy atom. The van der Waals surface area contributed by atoms with E-state index in [2.05, 4.69) is 0 Å². The van der Waals surface area contributed by atoms with E-state index in [1.54, 1.807) is 18.9 Å². The fourth-order valence-electron chi connectivity index (χ4n) is 3.68. The van der Waals surface area contributed by atoms with E-state index >= 15 is 0 Å². The third-order valence-electron chi connectivity index (χ3n) is 5.42. The normalized spacial score (nSPS) is 15.4. The molecule has 0 atom stereocenters. The summed E-state index contributed by atoms with van der Waals surface area (Å²) in [6.07, 6.45) is 1.10. The zero-order valence-corrected chi connectivity index (χ0v) is 16.9. The van der Waals surface area contributed by atoms with Gasteiger partial charge >= 0.3 is 5.97 Å². The number of rotatable bonds is 7. The zero-order valence-electron chi connectivity index (χ0n) is 16.9. The predicted molar refractivity (Wildman–Crippen MR) is 109 cm³/mol. The van der Waals surface area contributed by atoms with Crippen molar-refractivity contribution in [1.29, 1.82) is 0 Å². The Balaban J connectivity index is 1.60. The van der Waals surface area contributed by atoms with Crippen LogP contribution >= 0.6 is 0 Å². The van der Waals surface area contributed by atoms with Gasteiger partial charge in [0.05, 0.1) is 12.5 Å². The van der Waals surface area contributed by atoms with Crippen molar-refractivity contribution < 1.29 is 23.8 Å². The third kappa shape index (κ3) is 4.88. The van der Waals surface area contributed by atoms with E-state index in [-0.39, 0.29) is 25.1 Å². The Labute approximate surface area is 171 Å². The van der Waals surface area contributed by atoms with Crippen molar-refractivity contribution in [2.24, 2.45) is 0 Å². The van der Waals surface area contributed by atoms with Gasteiger partial charge in [-0.05, 0) is 42.7 Å². The van der Waals surface area contributed by atoms with Crippen molar-refractivity contribution in [3.8, 4) is 11.5 Å². The minimum atomic E-state index is -0.729. The molecule has 154 valence electrons. The lowest BCUT2D eigenvalue weighted by Gasteiger charge is -2.40. The van der Waals surface area contributed by atoms with E-state index in [9.17, 15) is 9.59 Å². The number of carbonyl (C=O) groups excluding carboxylic acids is 2. The molecule has 0 aliphatic carbocycles. The van der Waals surface area contributed by atoms with Crippen LogP contribution in [-0.4, -0.2) is 50.2 Å². The maximum atomic E-state index is 13.1. The SMILES string of the molecule is COc1ccc(OCCOC(=O)C2(c3ccccc3)CCN(C(C)=O)CC2)cc1. The van der Waals surface area contributed by atoms with Crippen molar-refractivity contribution in [3.63, 3.8) is 0 Å². The second kappa shape index (κ2) is 9.45. The van der Waals surface area contributed by atoms with Gasteiger partial charge in [-0.15, -0.1) is 0 Å². The molecule has 0 saturated carbocycles. The van der Waals surface area contributed by atoms with Crippen molar-refractivity contribution in [1.82, 2.24) is 4.90 Å². The van der Waals surface area contributed by atoms with Gasteiger partial charge in [0.15, 0.2) is 0 Å². The lowest BCUT2D eigenvalue weighted by molar-refractivity contribution is -0.155. The standard InChI is InChI=1S/C23H27NO5/c1-18(25)24-14-12-23(13-15-24,19-6-4-3-5-7-19)22(26)29-17-16-28-21-10-8-20(27-2)9-11-21/h3-11H,12-17H2,1-2H3. The average molecular weight is 397 g/mol. The predicted octanol–water partition coefficient (Wildman–Crippen LogP) is 3.20. The number of hydrogen-bond acceptors (Lipinski definition) is 5. The van der Waals surface area contributed by atoms with Crippen LogP contribution in [0.25, 0.3) is 0 Å². The Bertz CT molecular complexity index is 811. The molecule has 0 radical (unpaired) electrons. The number of benzene rings is 2. The molecule has 0 unspecified atom stereocenters. The smallest absolute Gasteiger partial charge is 0.316 e. The number of carbonyl (C=O) groups is 2. The fraction of sp³-hybridized carbons (Fsp3) is 0.391. The lowest BCUT2D eigenvalue weighted by atomic mass is 9.72. The van der Waals surface area contributed by atoms with E-state index in [1.165, 1.54) is 0 Å². The summed E-state index contributed by atoms with van der Waals surface area (Å²) >= 11 is 0. The molecule has 1 saturated heterocycles. The van der Waals surface area contributed by atoms with E-state index in [4.69, 9.17) is 14.2 Å². The monoisotopic (exact) mass is 397 g/mol. The molecular formula is C23H27NO5. The molecule has 0 aromatic heterocycles. The average Bonchev–Trinajstić information content (AvgIpc) is 2.77. The molecule has 1 heterocycles. The number of likely N-dealkylation sites (tertiary alicyclic amines) is 1. The Morgan fingerprint density at radius 1 is 0.931 bits per heavy atom. The second-order valence-corrected chi connectivity index (χ2v) is 7.11. The minimum Gasteiger partial charge on any atom is -0.497 e. The Morgan fingerprint density at radius 2 is 1.55 bits per heavy atom. The van der Waals surface area contributed by atoms with Gasteiger partial charge in [0, 0.05) is 20.0 Å². The van der Waals surface area contributed by atoms with E-state index in [0.29, 0.717) is 31.7 Å². The summed E-state index contributed by atoms with van der Waals surface area (Å²) < 4.78 is 16.4. The summed E-state index contributed by atoms with van der Waals surface area (Å²) in [6.45, 7) is 3.08. The number of hydrogen-bond donors (Lipinski definition) is 0. The second-order valence-electron chi connectivity index (χ2n) is 7.11. The molecule has 29 heavy (non-hydrogen) atoms. The number of ether oxygens (including phenoxy) is 3. The highest BCUT2D eigenvalue weighted by Gasteiger charge is 2.44. The van der Waals surface area contributed by atoms with Crippen LogP contribution in [0.5, 0.6) is 11.5 Å². The molecule has 6 heteroatoms. The third-order valence-corrected chi connectivity index (χ3v) is 5.42. The van der Waals surface area contributed by atoms with Crippen LogP contribution in [0.1, 0.15) is 25.3 Å². The number of piperidine rings is 1. The van der Waals surface area contributed by atoms with Crippen molar-refractivity contribution in [2.45, 2.75) is 25.2 Å². The first-order valence-corrected chi connectivity index (χ1v) is 9.80. The van der Waals surface area contributed by atoms with Crippen LogP contribution in [-0.2, 0) is 19.7 Å². The molecule has 0 N–H and O–H groups in total. The molecule has 6 nitrogen and oxygen atoms in total. The highest BCUT2D eigenvalue weighted by atomic mass is 16.6. The molecule has 1 aliphatic rings. The van der Waals surface area contributed by atoms with Gasteiger partial charge in [0.2, 0.25) is 5.91 Å². The van der Waals surface area contributed by atoms with Crippen molar-refractivity contribution in [2.75, 3.05) is 33.4 Å². The maximum Gasteiger partial charge on any atom is 0.316 e. The number of methoxy groups -OCH3 is 1. The van der Waals surface area contributed by atoms with Gasteiger partial charge in [-0.2, -0.15) is 0 Å². The highest BCUT2D eigenvalue weighted by molar-refractivity contribution is 5.84. The summed E-state index contributed by atoms with van der Waals surface area (Å²) in [6, 6.07) is 16.9. The van der Waals surface area contributed by atoms with Gasteiger partial charge in [-0.1, -0.05) is 30.3 Å². The lowest BCUT2D eigenvalue weighted by Crippen LogP contribution is -2.49. The summed E-state index contributed by atoms with van der Waals surface area (Å²) in [4.78, 5) is 26.6. The van der Waals surface area contributed by atoms with Gasteiger partial charge in [0.25, 0.3) is 0 Å². The number of amides is 1. The topological polar surface area (TPSA) is 65.1 Å². The summed E-state index contributed by atoms with van der Waals surface area (Å²) in [5.41, 5.74) is 0.206. The molecule has 0 bridgehead atoms. The summed E-state index contributed by atoms with van der Waals surface area (Å²) in [5, 5.41) is 0. The Hall–Kier alpha value is -3.02. The first kappa shape index (κ1) is 20.7. The van der Waals surface area contributed by atoms with E-state index in [0.717, 1.165) is 11.3 Å². The van der Waals surface area contributed by atoms with Gasteiger partial charge in [0.1, 0.15) is 24.7 Å². The van der Waals surface area contributed by atoms with E-state index in [1.807, 2.05) is 54.6 Å². The molecule has 1 aliphatic heterocycles. The summed E-state index contributed by atoms with van der Waals surface area (Å²) in [5.74, 6) is 1.22. The molecule has 1 amide bonds. The first-order valence-electron chi connectivity index (χ1n) is 9.80.